The quantitative estimate of drug-likeness (QED) is 0.900. The average molecular weight is 356 g/mol. The maximum absolute atomic E-state index is 13.1. The summed E-state index contributed by atoms with van der Waals surface area (Å²) in [7, 11) is 0. The Bertz CT molecular complexity index is 667. The fourth-order valence-electron chi connectivity index (χ4n) is 4.78. The molecule has 3 atom stereocenters. The topological polar surface area (TPSA) is 58.6 Å². The number of carbonyl (C=O) groups excluding carboxylic acids is 2. The lowest BCUT2D eigenvalue weighted by molar-refractivity contribution is -0.124. The molecule has 1 aromatic rings. The first-order chi connectivity index (χ1) is 12.7. The van der Waals surface area contributed by atoms with Gasteiger partial charge in [-0.3, -0.25) is 9.59 Å². The Hall–Kier alpha value is -1.88. The lowest BCUT2D eigenvalue weighted by atomic mass is 9.78. The zero-order chi connectivity index (χ0) is 17.9. The van der Waals surface area contributed by atoms with E-state index in [1.54, 1.807) is 0 Å². The molecule has 2 amide bonds. The van der Waals surface area contributed by atoms with E-state index in [0.29, 0.717) is 29.8 Å². The Morgan fingerprint density at radius 1 is 1.04 bits per heavy atom. The van der Waals surface area contributed by atoms with Crippen LogP contribution < -0.4 is 5.32 Å². The van der Waals surface area contributed by atoms with Gasteiger partial charge >= 0.3 is 0 Å². The van der Waals surface area contributed by atoms with E-state index in [1.807, 2.05) is 24.3 Å². The number of nitrogens with zero attached hydrogens (tertiary/aromatic N) is 1. The highest BCUT2D eigenvalue weighted by Gasteiger charge is 2.36. The van der Waals surface area contributed by atoms with Gasteiger partial charge < -0.3 is 15.0 Å². The molecule has 140 valence electrons. The minimum Gasteiger partial charge on any atom is -0.368 e. The van der Waals surface area contributed by atoms with Crippen LogP contribution in [-0.2, 0) is 9.53 Å². The van der Waals surface area contributed by atoms with E-state index >= 15 is 0 Å². The second-order valence-corrected chi connectivity index (χ2v) is 7.82. The number of rotatable bonds is 3. The van der Waals surface area contributed by atoms with E-state index in [-0.39, 0.29) is 17.9 Å². The Balaban J connectivity index is 1.46. The largest absolute Gasteiger partial charge is 0.368 e. The van der Waals surface area contributed by atoms with Gasteiger partial charge in [-0.1, -0.05) is 18.9 Å². The van der Waals surface area contributed by atoms with Gasteiger partial charge in [0.05, 0.1) is 0 Å². The van der Waals surface area contributed by atoms with Crippen LogP contribution in [0.3, 0.4) is 0 Å². The predicted octanol–water partition coefficient (Wildman–Crippen LogP) is 3.60. The van der Waals surface area contributed by atoms with Crippen molar-refractivity contribution in [3.05, 3.63) is 29.8 Å². The average Bonchev–Trinajstić information content (AvgIpc) is 3.22. The van der Waals surface area contributed by atoms with E-state index in [0.717, 1.165) is 32.2 Å². The summed E-state index contributed by atoms with van der Waals surface area (Å²) in [6, 6.07) is 7.75. The van der Waals surface area contributed by atoms with Crippen LogP contribution in [0.2, 0.25) is 0 Å². The molecule has 0 aromatic heterocycles. The zero-order valence-corrected chi connectivity index (χ0v) is 15.3. The molecule has 5 nitrogen and oxygen atoms in total. The molecule has 26 heavy (non-hydrogen) atoms. The summed E-state index contributed by atoms with van der Waals surface area (Å²) in [5, 5.41) is 2.90. The van der Waals surface area contributed by atoms with Gasteiger partial charge in [0.25, 0.3) is 11.8 Å². The third-order valence-corrected chi connectivity index (χ3v) is 6.10. The Kier molecular flexibility index (Phi) is 5.25. The third kappa shape index (κ3) is 3.63. The number of hydrogen-bond acceptors (Lipinski definition) is 3. The highest BCUT2D eigenvalue weighted by molar-refractivity contribution is 5.98. The minimum atomic E-state index is -0.362. The van der Waals surface area contributed by atoms with Gasteiger partial charge in [0, 0.05) is 30.4 Å². The second-order valence-electron chi connectivity index (χ2n) is 7.82. The molecule has 5 heteroatoms. The number of amides is 2. The summed E-state index contributed by atoms with van der Waals surface area (Å²) >= 11 is 0. The first-order valence-corrected chi connectivity index (χ1v) is 10.1. The first kappa shape index (κ1) is 17.5. The number of carbonyl (C=O) groups is 2. The van der Waals surface area contributed by atoms with Crippen LogP contribution in [0.1, 0.15) is 61.7 Å². The van der Waals surface area contributed by atoms with E-state index in [4.69, 9.17) is 4.74 Å². The molecule has 2 aliphatic heterocycles. The second kappa shape index (κ2) is 7.78. The molecular weight excluding hydrogens is 328 g/mol. The maximum atomic E-state index is 13.1. The Labute approximate surface area is 155 Å². The van der Waals surface area contributed by atoms with Crippen LogP contribution in [0.15, 0.2) is 24.3 Å². The van der Waals surface area contributed by atoms with Crippen LogP contribution in [0, 0.1) is 5.92 Å². The van der Waals surface area contributed by atoms with Crippen molar-refractivity contribution in [2.45, 2.75) is 63.5 Å². The molecule has 0 spiro atoms. The summed E-state index contributed by atoms with van der Waals surface area (Å²) in [6.07, 6.45) is 8.59. The minimum absolute atomic E-state index is 0.106. The SMILES string of the molecule is O=C(Nc1cccc(C(=O)N2CCC[C@H]3CCCC[C@@H]32)c1)[C@@H]1CCCO1. The number of hydrogen-bond donors (Lipinski definition) is 1. The van der Waals surface area contributed by atoms with Crippen molar-refractivity contribution >= 4 is 17.5 Å². The van der Waals surface area contributed by atoms with Crippen LogP contribution in [0.4, 0.5) is 5.69 Å². The van der Waals surface area contributed by atoms with Crippen molar-refractivity contribution in [1.29, 1.82) is 0 Å². The number of benzene rings is 1. The molecule has 1 aromatic carbocycles. The van der Waals surface area contributed by atoms with Gasteiger partial charge in [0.1, 0.15) is 6.10 Å². The van der Waals surface area contributed by atoms with Crippen LogP contribution in [0.25, 0.3) is 0 Å². The van der Waals surface area contributed by atoms with Gasteiger partial charge in [-0.05, 0) is 62.6 Å². The standard InChI is InChI=1S/C21H28N2O3/c24-20(19-11-5-13-26-19)22-17-9-3-7-16(14-17)21(25)23-12-4-8-15-6-1-2-10-18(15)23/h3,7,9,14-15,18-19H,1-2,4-6,8,10-13H2,(H,22,24)/t15-,18+,19+/m1/s1. The van der Waals surface area contributed by atoms with Crippen molar-refractivity contribution in [1.82, 2.24) is 4.90 Å². The van der Waals surface area contributed by atoms with Gasteiger partial charge in [-0.25, -0.2) is 0 Å². The highest BCUT2D eigenvalue weighted by Crippen LogP contribution is 2.36. The monoisotopic (exact) mass is 356 g/mol. The smallest absolute Gasteiger partial charge is 0.254 e. The third-order valence-electron chi connectivity index (χ3n) is 6.10. The molecule has 1 N–H and O–H groups in total. The van der Waals surface area contributed by atoms with E-state index in [1.165, 1.54) is 25.7 Å². The number of anilines is 1. The molecule has 0 bridgehead atoms. The first-order valence-electron chi connectivity index (χ1n) is 10.1. The fourth-order valence-corrected chi connectivity index (χ4v) is 4.78. The lowest BCUT2D eigenvalue weighted by Crippen LogP contribution is -2.49. The number of piperidine rings is 1. The predicted molar refractivity (Wildman–Crippen MR) is 100 cm³/mol. The summed E-state index contributed by atoms with van der Waals surface area (Å²) in [4.78, 5) is 27.5. The summed E-state index contributed by atoms with van der Waals surface area (Å²) < 4.78 is 5.43. The van der Waals surface area contributed by atoms with Crippen molar-refractivity contribution < 1.29 is 14.3 Å². The number of ether oxygens (including phenoxy) is 1. The molecule has 0 unspecified atom stereocenters. The molecule has 2 saturated heterocycles. The normalized spacial score (nSPS) is 28.5. The lowest BCUT2D eigenvalue weighted by Gasteiger charge is -2.44. The van der Waals surface area contributed by atoms with Gasteiger partial charge in [-0.15, -0.1) is 0 Å². The number of fused-ring (bicyclic) bond motifs is 1. The highest BCUT2D eigenvalue weighted by atomic mass is 16.5. The van der Waals surface area contributed by atoms with Crippen molar-refractivity contribution in [3.8, 4) is 0 Å². The summed E-state index contributed by atoms with van der Waals surface area (Å²) in [5.41, 5.74) is 1.34. The molecule has 1 saturated carbocycles. The van der Waals surface area contributed by atoms with Crippen molar-refractivity contribution in [3.63, 3.8) is 0 Å². The molecule has 1 aliphatic carbocycles. The Morgan fingerprint density at radius 3 is 2.73 bits per heavy atom. The molecule has 3 fully saturated rings. The maximum Gasteiger partial charge on any atom is 0.254 e. The Morgan fingerprint density at radius 2 is 1.88 bits per heavy atom. The van der Waals surface area contributed by atoms with Gasteiger partial charge in [-0.2, -0.15) is 0 Å². The van der Waals surface area contributed by atoms with Crippen LogP contribution in [0.5, 0.6) is 0 Å². The van der Waals surface area contributed by atoms with Gasteiger partial charge in [0.15, 0.2) is 0 Å². The van der Waals surface area contributed by atoms with E-state index in [2.05, 4.69) is 10.2 Å². The van der Waals surface area contributed by atoms with Crippen LogP contribution >= 0.6 is 0 Å². The molecule has 4 rings (SSSR count). The van der Waals surface area contributed by atoms with Crippen molar-refractivity contribution in [2.75, 3.05) is 18.5 Å². The molecule has 2 heterocycles. The molecular formula is C21H28N2O3. The van der Waals surface area contributed by atoms with Crippen LogP contribution in [-0.4, -0.2) is 42.0 Å². The summed E-state index contributed by atoms with van der Waals surface area (Å²) in [5.74, 6) is 0.663. The zero-order valence-electron chi connectivity index (χ0n) is 15.3. The summed E-state index contributed by atoms with van der Waals surface area (Å²) in [6.45, 7) is 1.50. The van der Waals surface area contributed by atoms with E-state index in [9.17, 15) is 9.59 Å². The van der Waals surface area contributed by atoms with Gasteiger partial charge in [0.2, 0.25) is 0 Å². The molecule has 3 aliphatic rings. The fraction of sp³-hybridized carbons (Fsp3) is 0.619. The van der Waals surface area contributed by atoms with Crippen molar-refractivity contribution in [2.24, 2.45) is 5.92 Å². The number of likely N-dealkylation sites (tertiary alicyclic amines) is 1. The number of nitrogens with one attached hydrogen (secondary N) is 1. The molecule has 0 radical (unpaired) electrons. The van der Waals surface area contributed by atoms with E-state index < -0.39 is 0 Å².